The highest BCUT2D eigenvalue weighted by molar-refractivity contribution is 7.60. The molecule has 37 heavy (non-hydrogen) atoms. The van der Waals surface area contributed by atoms with E-state index in [-0.39, 0.29) is 23.3 Å². The fourth-order valence-electron chi connectivity index (χ4n) is 2.89. The molecule has 2 aromatic heterocycles. The number of imidazole rings is 1. The average molecular weight is 577 g/mol. The van der Waals surface area contributed by atoms with Crippen LogP contribution >= 0.6 is 15.6 Å². The molecule has 0 saturated carbocycles. The van der Waals surface area contributed by atoms with Crippen molar-refractivity contribution >= 4 is 38.9 Å². The van der Waals surface area contributed by atoms with Crippen LogP contribution in [0.5, 0.6) is 0 Å². The van der Waals surface area contributed by atoms with Gasteiger partial charge in [-0.2, -0.15) is 4.31 Å². The van der Waals surface area contributed by atoms with Gasteiger partial charge in [-0.25, -0.2) is 24.1 Å². The number of anilines is 1. The summed E-state index contributed by atoms with van der Waals surface area (Å²) in [6, 6.07) is 0. The molecule has 3 rings (SSSR count). The number of phosphoric ester groups is 1. The molecule has 11 N–H and O–H groups in total. The molecular weight excluding hydrogens is 552 g/mol. The Morgan fingerprint density at radius 2 is 1.78 bits per heavy atom. The van der Waals surface area contributed by atoms with Crippen molar-refractivity contribution in [3.05, 3.63) is 12.7 Å². The van der Waals surface area contributed by atoms with E-state index in [9.17, 15) is 29.0 Å². The number of aldehydes is 1. The number of aliphatic hydroxyl groups is 6. The number of ether oxygens (including phenoxy) is 1. The fourth-order valence-corrected chi connectivity index (χ4v) is 4.49. The van der Waals surface area contributed by atoms with Gasteiger partial charge in [0.25, 0.3) is 0 Å². The minimum absolute atomic E-state index is 0.0856. The van der Waals surface area contributed by atoms with Crippen LogP contribution < -0.4 is 5.73 Å². The summed E-state index contributed by atoms with van der Waals surface area (Å²) in [7, 11) is -10.4. The van der Waals surface area contributed by atoms with Crippen molar-refractivity contribution < 1.29 is 72.8 Å². The van der Waals surface area contributed by atoms with Crippen molar-refractivity contribution in [2.75, 3.05) is 18.9 Å². The van der Waals surface area contributed by atoms with Gasteiger partial charge in [0.2, 0.25) is 0 Å². The molecule has 1 fully saturated rings. The zero-order chi connectivity index (χ0) is 28.1. The van der Waals surface area contributed by atoms with Crippen molar-refractivity contribution in [3.63, 3.8) is 0 Å². The number of nitrogen functional groups attached to an aromatic ring is 1. The van der Waals surface area contributed by atoms with Crippen LogP contribution in [0, 0.1) is 0 Å². The minimum atomic E-state index is -5.29. The lowest BCUT2D eigenvalue weighted by atomic mass is 10.1. The first-order valence-corrected chi connectivity index (χ1v) is 12.9. The number of aromatic nitrogens is 4. The second-order valence-electron chi connectivity index (χ2n) is 7.33. The number of nitrogens with two attached hydrogens (primary N) is 1. The van der Waals surface area contributed by atoms with Gasteiger partial charge >= 0.3 is 15.6 Å². The molecule has 20 nitrogen and oxygen atoms in total. The topological polar surface area (TPSA) is 331 Å². The van der Waals surface area contributed by atoms with E-state index in [0.717, 1.165) is 6.33 Å². The van der Waals surface area contributed by atoms with Crippen molar-refractivity contribution in [1.29, 1.82) is 0 Å². The van der Waals surface area contributed by atoms with Gasteiger partial charge < -0.3 is 60.6 Å². The van der Waals surface area contributed by atoms with E-state index < -0.39 is 71.7 Å². The normalized spacial score (nSPS) is 26.1. The second kappa shape index (κ2) is 12.7. The Kier molecular flexibility index (Phi) is 10.7. The van der Waals surface area contributed by atoms with Gasteiger partial charge in [-0.1, -0.05) is 0 Å². The molecule has 0 spiro atoms. The van der Waals surface area contributed by atoms with E-state index in [1.54, 1.807) is 0 Å². The second-order valence-corrected chi connectivity index (χ2v) is 10.2. The molecular formula is C15H25N5O15P2. The molecule has 3 heterocycles. The molecule has 1 aliphatic rings. The lowest BCUT2D eigenvalue weighted by Gasteiger charge is -2.17. The zero-order valence-corrected chi connectivity index (χ0v) is 20.2. The van der Waals surface area contributed by atoms with Crippen molar-refractivity contribution in [2.24, 2.45) is 0 Å². The van der Waals surface area contributed by atoms with E-state index in [0.29, 0.717) is 0 Å². The van der Waals surface area contributed by atoms with Gasteiger partial charge in [0, 0.05) is 0 Å². The zero-order valence-electron chi connectivity index (χ0n) is 18.4. The van der Waals surface area contributed by atoms with Crippen LogP contribution in [0.4, 0.5) is 5.82 Å². The van der Waals surface area contributed by atoms with Crippen LogP contribution in [0.3, 0.4) is 0 Å². The highest BCUT2D eigenvalue weighted by atomic mass is 31.3. The Balaban J connectivity index is 0.000000410. The molecule has 8 atom stereocenters. The molecule has 1 aliphatic heterocycles. The largest absolute Gasteiger partial charge is 0.481 e. The van der Waals surface area contributed by atoms with Gasteiger partial charge in [0.15, 0.2) is 24.0 Å². The van der Waals surface area contributed by atoms with Crippen molar-refractivity contribution in [1.82, 2.24) is 19.5 Å². The predicted octanol–water partition coefficient (Wildman–Crippen LogP) is -4.49. The number of phosphoric acid groups is 2. The van der Waals surface area contributed by atoms with Crippen LogP contribution in [-0.4, -0.2) is 121 Å². The lowest BCUT2D eigenvalue weighted by molar-refractivity contribution is -0.127. The molecule has 2 aromatic rings. The van der Waals surface area contributed by atoms with E-state index in [2.05, 4.69) is 23.8 Å². The maximum absolute atomic E-state index is 11.5. The van der Waals surface area contributed by atoms with Crippen molar-refractivity contribution in [3.8, 4) is 0 Å². The van der Waals surface area contributed by atoms with Gasteiger partial charge in [-0.15, -0.1) is 0 Å². The van der Waals surface area contributed by atoms with Gasteiger partial charge in [0.1, 0.15) is 48.5 Å². The number of hydrogen-bond donors (Lipinski definition) is 10. The Hall–Kier alpha value is -2.00. The SMILES string of the molecule is Nc1ncnc2c1ncn2[C@@H]1O[C@H](COP(=O)(O)OP(=O)(O)O)[C@@H](O)[C@H]1O.O=C[C@H](O)C(O)[C@H](O)CO. The number of nitrogens with zero attached hydrogens (tertiary/aromatic N) is 4. The number of hydrogen-bond acceptors (Lipinski definition) is 16. The summed E-state index contributed by atoms with van der Waals surface area (Å²) in [5, 5.41) is 54.3. The first-order valence-electron chi connectivity index (χ1n) is 9.91. The first-order chi connectivity index (χ1) is 17.1. The third-order valence-corrected chi connectivity index (χ3v) is 6.83. The quantitative estimate of drug-likeness (QED) is 0.0939. The lowest BCUT2D eigenvalue weighted by Crippen LogP contribution is -2.40. The maximum Gasteiger partial charge on any atom is 0.481 e. The van der Waals surface area contributed by atoms with Gasteiger partial charge in [-0.05, 0) is 0 Å². The molecule has 0 radical (unpaired) electrons. The van der Waals surface area contributed by atoms with Gasteiger partial charge in [0.05, 0.1) is 19.5 Å². The first kappa shape index (κ1) is 31.2. The smallest absolute Gasteiger partial charge is 0.394 e. The highest BCUT2D eigenvalue weighted by Gasteiger charge is 2.46. The Bertz CT molecular complexity index is 1150. The van der Waals surface area contributed by atoms with E-state index in [4.69, 9.17) is 40.7 Å². The summed E-state index contributed by atoms with van der Waals surface area (Å²) in [5.41, 5.74) is 6.11. The number of carbonyl (C=O) groups is 1. The minimum Gasteiger partial charge on any atom is -0.394 e. The molecule has 0 amide bonds. The molecule has 22 heteroatoms. The highest BCUT2D eigenvalue weighted by Crippen LogP contribution is 2.57. The third-order valence-electron chi connectivity index (χ3n) is 4.68. The summed E-state index contributed by atoms with van der Waals surface area (Å²) < 4.78 is 36.8. The molecule has 210 valence electrons. The van der Waals surface area contributed by atoms with Crippen LogP contribution in [0.2, 0.25) is 0 Å². The van der Waals surface area contributed by atoms with Gasteiger partial charge in [-0.3, -0.25) is 9.09 Å². The van der Waals surface area contributed by atoms with Crippen LogP contribution in [-0.2, 0) is 27.5 Å². The summed E-state index contributed by atoms with van der Waals surface area (Å²) >= 11 is 0. The molecule has 0 bridgehead atoms. The van der Waals surface area contributed by atoms with Crippen LogP contribution in [0.1, 0.15) is 6.23 Å². The molecule has 1 saturated heterocycles. The average Bonchev–Trinajstić information content (AvgIpc) is 3.37. The molecule has 0 aliphatic carbocycles. The monoisotopic (exact) mass is 577 g/mol. The van der Waals surface area contributed by atoms with Crippen LogP contribution in [0.25, 0.3) is 11.2 Å². The van der Waals surface area contributed by atoms with Crippen LogP contribution in [0.15, 0.2) is 12.7 Å². The standard InChI is InChI=1S/C10H15N5O10P2.C5H10O5/c11-8-5-9(13-2-12-8)15(3-14-5)10-7(17)6(16)4(24-10)1-23-27(21,22)25-26(18,19)20;6-1-3(8)5(10)4(9)2-7/h2-4,6-7,10,16-17H,1H2,(H,21,22)(H2,11,12,13)(H2,18,19,20);1,3-5,7-10H,2H2/t4-,6-,7-,10-;3-,4+,5?/m10/s1. The maximum atomic E-state index is 11.5. The third kappa shape index (κ3) is 8.24. The Morgan fingerprint density at radius 1 is 1.14 bits per heavy atom. The summed E-state index contributed by atoms with van der Waals surface area (Å²) in [5.74, 6) is 0.0856. The number of carbonyl (C=O) groups excluding carboxylic acids is 1. The summed E-state index contributed by atoms with van der Waals surface area (Å²) in [6.07, 6.45) is -7.83. The Labute approximate surface area is 206 Å². The summed E-state index contributed by atoms with van der Waals surface area (Å²) in [4.78, 5) is 47.9. The number of rotatable bonds is 10. The number of fused-ring (bicyclic) bond motifs is 1. The summed E-state index contributed by atoms with van der Waals surface area (Å²) in [6.45, 7) is -1.50. The van der Waals surface area contributed by atoms with Crippen molar-refractivity contribution in [2.45, 2.75) is 42.9 Å². The van der Waals surface area contributed by atoms with E-state index in [1.165, 1.54) is 10.9 Å². The Morgan fingerprint density at radius 3 is 2.35 bits per heavy atom. The fraction of sp³-hybridized carbons (Fsp3) is 0.600. The van der Waals surface area contributed by atoms with E-state index in [1.807, 2.05) is 0 Å². The predicted molar refractivity (Wildman–Crippen MR) is 116 cm³/mol. The number of aliphatic hydroxyl groups excluding tert-OH is 6. The molecule has 2 unspecified atom stereocenters. The van der Waals surface area contributed by atoms with E-state index >= 15 is 0 Å². The molecule has 0 aromatic carbocycles.